The van der Waals surface area contributed by atoms with Gasteiger partial charge in [0.1, 0.15) is 0 Å². The molecule has 3 nitrogen and oxygen atoms in total. The van der Waals surface area contributed by atoms with Crippen LogP contribution >= 0.6 is 0 Å². The lowest BCUT2D eigenvalue weighted by atomic mass is 9.71. The van der Waals surface area contributed by atoms with Crippen LogP contribution in [0.3, 0.4) is 0 Å². The maximum Gasteiger partial charge on any atom is 0.309 e. The zero-order valence-corrected chi connectivity index (χ0v) is 14.4. The maximum atomic E-state index is 11.4. The van der Waals surface area contributed by atoms with Gasteiger partial charge in [0.15, 0.2) is 8.32 Å². The number of aliphatic carboxylic acids is 1. The summed E-state index contributed by atoms with van der Waals surface area (Å²) in [6, 6.07) is 0. The molecule has 0 radical (unpaired) electrons. The van der Waals surface area contributed by atoms with Crippen molar-refractivity contribution in [2.45, 2.75) is 84.0 Å². The summed E-state index contributed by atoms with van der Waals surface area (Å²) < 4.78 is 6.41. The molecule has 0 aromatic heterocycles. The summed E-state index contributed by atoms with van der Waals surface area (Å²) in [5.74, 6) is -0.624. The van der Waals surface area contributed by atoms with E-state index in [9.17, 15) is 9.90 Å². The van der Waals surface area contributed by atoms with Crippen molar-refractivity contribution in [1.29, 1.82) is 0 Å². The monoisotopic (exact) mass is 286 g/mol. The molecule has 19 heavy (non-hydrogen) atoms. The maximum absolute atomic E-state index is 11.4. The van der Waals surface area contributed by atoms with Gasteiger partial charge in [-0.2, -0.15) is 0 Å². The van der Waals surface area contributed by atoms with Crippen LogP contribution in [-0.2, 0) is 9.22 Å². The second kappa shape index (κ2) is 5.56. The minimum absolute atomic E-state index is 0.221. The van der Waals surface area contributed by atoms with Crippen molar-refractivity contribution in [3.63, 3.8) is 0 Å². The first-order valence-electron chi connectivity index (χ1n) is 7.45. The van der Waals surface area contributed by atoms with Crippen LogP contribution in [0.25, 0.3) is 0 Å². The lowest BCUT2D eigenvalue weighted by molar-refractivity contribution is -0.152. The summed E-state index contributed by atoms with van der Waals surface area (Å²) in [5, 5.41) is 9.63. The molecule has 0 spiro atoms. The van der Waals surface area contributed by atoms with E-state index >= 15 is 0 Å². The number of carboxylic acid groups (broad SMARTS) is 1. The highest BCUT2D eigenvalue weighted by atomic mass is 28.4. The fourth-order valence-corrected chi connectivity index (χ4v) is 4.00. The Balaban J connectivity index is 2.63. The van der Waals surface area contributed by atoms with Gasteiger partial charge < -0.3 is 9.53 Å². The van der Waals surface area contributed by atoms with Crippen LogP contribution in [0.15, 0.2) is 0 Å². The number of hydrogen-bond donors (Lipinski definition) is 1. The molecule has 1 aliphatic rings. The molecule has 0 aromatic carbocycles. The van der Waals surface area contributed by atoms with E-state index in [0.29, 0.717) is 0 Å². The van der Waals surface area contributed by atoms with Crippen LogP contribution in [0.1, 0.15) is 59.8 Å². The molecule has 0 aliphatic heterocycles. The van der Waals surface area contributed by atoms with Crippen LogP contribution in [-0.4, -0.2) is 25.5 Å². The van der Waals surface area contributed by atoms with Crippen LogP contribution < -0.4 is 0 Å². The standard InChI is InChI=1S/C15H30O3Si/c1-7-15(13(16)17)10-8-12(9-11-15)18-19(5,6)14(2,3)4/h12H,7-11H2,1-6H3,(H,16,17). The third kappa shape index (κ3) is 3.60. The summed E-state index contributed by atoms with van der Waals surface area (Å²) in [5.41, 5.74) is -0.493. The van der Waals surface area contributed by atoms with Crippen LogP contribution in [0.4, 0.5) is 0 Å². The van der Waals surface area contributed by atoms with Gasteiger partial charge in [0.25, 0.3) is 0 Å². The molecule has 0 amide bonds. The predicted molar refractivity (Wildman–Crippen MR) is 80.9 cm³/mol. The molecule has 0 heterocycles. The molecular formula is C15H30O3Si. The molecule has 1 saturated carbocycles. The van der Waals surface area contributed by atoms with Gasteiger partial charge in [0.2, 0.25) is 0 Å². The number of carbonyl (C=O) groups is 1. The molecule has 1 fully saturated rings. The second-order valence-electron chi connectivity index (χ2n) is 7.52. The van der Waals surface area contributed by atoms with Crippen LogP contribution in [0.5, 0.6) is 0 Å². The highest BCUT2D eigenvalue weighted by Gasteiger charge is 2.44. The van der Waals surface area contributed by atoms with E-state index in [1.807, 2.05) is 6.92 Å². The van der Waals surface area contributed by atoms with Crippen LogP contribution in [0.2, 0.25) is 18.1 Å². The van der Waals surface area contributed by atoms with Crippen molar-refractivity contribution in [2.75, 3.05) is 0 Å². The van der Waals surface area contributed by atoms with E-state index < -0.39 is 19.7 Å². The first-order chi connectivity index (χ1) is 8.54. The molecule has 0 unspecified atom stereocenters. The van der Waals surface area contributed by atoms with E-state index in [2.05, 4.69) is 33.9 Å². The summed E-state index contributed by atoms with van der Waals surface area (Å²) in [4.78, 5) is 11.4. The molecule has 0 aromatic rings. The van der Waals surface area contributed by atoms with Gasteiger partial charge in [0, 0.05) is 6.10 Å². The Morgan fingerprint density at radius 3 is 2.11 bits per heavy atom. The molecule has 112 valence electrons. The topological polar surface area (TPSA) is 46.5 Å². The number of hydrogen-bond acceptors (Lipinski definition) is 2. The molecule has 0 bridgehead atoms. The Morgan fingerprint density at radius 2 is 1.79 bits per heavy atom. The first-order valence-corrected chi connectivity index (χ1v) is 10.4. The third-order valence-corrected chi connectivity index (χ3v) is 9.82. The molecule has 0 saturated heterocycles. The Hall–Kier alpha value is -0.353. The molecule has 4 heteroatoms. The smallest absolute Gasteiger partial charge is 0.309 e. The van der Waals surface area contributed by atoms with Gasteiger partial charge in [0.05, 0.1) is 5.41 Å². The third-order valence-electron chi connectivity index (χ3n) is 5.29. The van der Waals surface area contributed by atoms with Crippen molar-refractivity contribution in [3.05, 3.63) is 0 Å². The lowest BCUT2D eigenvalue weighted by Gasteiger charge is -2.43. The molecule has 1 aliphatic carbocycles. The van der Waals surface area contributed by atoms with E-state index in [-0.39, 0.29) is 11.1 Å². The molecular weight excluding hydrogens is 256 g/mol. The fraction of sp³-hybridized carbons (Fsp3) is 0.933. The zero-order chi connectivity index (χ0) is 14.9. The normalized spacial score (nSPS) is 29.3. The largest absolute Gasteiger partial charge is 0.481 e. The van der Waals surface area contributed by atoms with Gasteiger partial charge in [-0.1, -0.05) is 27.7 Å². The summed E-state index contributed by atoms with van der Waals surface area (Å²) >= 11 is 0. The van der Waals surface area contributed by atoms with Gasteiger partial charge in [-0.15, -0.1) is 0 Å². The van der Waals surface area contributed by atoms with Crippen molar-refractivity contribution in [1.82, 2.24) is 0 Å². The van der Waals surface area contributed by atoms with Gasteiger partial charge in [-0.3, -0.25) is 4.79 Å². The lowest BCUT2D eigenvalue weighted by Crippen LogP contribution is -2.46. The van der Waals surface area contributed by atoms with E-state index in [4.69, 9.17) is 4.43 Å². The zero-order valence-electron chi connectivity index (χ0n) is 13.4. The highest BCUT2D eigenvalue weighted by Crippen LogP contribution is 2.43. The Morgan fingerprint density at radius 1 is 1.32 bits per heavy atom. The predicted octanol–water partition coefficient (Wildman–Crippen LogP) is 4.43. The Bertz CT molecular complexity index is 323. The molecule has 0 atom stereocenters. The minimum atomic E-state index is -1.72. The number of carboxylic acids is 1. The average molecular weight is 286 g/mol. The van der Waals surface area contributed by atoms with Crippen molar-refractivity contribution < 1.29 is 14.3 Å². The minimum Gasteiger partial charge on any atom is -0.481 e. The van der Waals surface area contributed by atoms with Gasteiger partial charge in [-0.05, 0) is 50.2 Å². The van der Waals surface area contributed by atoms with Gasteiger partial charge in [-0.25, -0.2) is 0 Å². The second-order valence-corrected chi connectivity index (χ2v) is 12.3. The van der Waals surface area contributed by atoms with Gasteiger partial charge >= 0.3 is 5.97 Å². The van der Waals surface area contributed by atoms with Crippen LogP contribution in [0, 0.1) is 5.41 Å². The highest BCUT2D eigenvalue weighted by molar-refractivity contribution is 6.74. The van der Waals surface area contributed by atoms with Crippen molar-refractivity contribution in [3.8, 4) is 0 Å². The quantitative estimate of drug-likeness (QED) is 0.778. The summed E-state index contributed by atoms with van der Waals surface area (Å²) in [6.07, 6.45) is 4.31. The summed E-state index contributed by atoms with van der Waals surface area (Å²) in [6.45, 7) is 13.3. The Labute approximate surface area is 118 Å². The SMILES string of the molecule is CCC1(C(=O)O)CCC(O[Si](C)(C)C(C)(C)C)CC1. The Kier molecular flexibility index (Phi) is 4.89. The first kappa shape index (κ1) is 16.7. The fourth-order valence-electron chi connectivity index (χ4n) is 2.57. The molecule has 1 rings (SSSR count). The van der Waals surface area contributed by atoms with E-state index in [1.165, 1.54) is 0 Å². The van der Waals surface area contributed by atoms with Crippen molar-refractivity contribution >= 4 is 14.3 Å². The van der Waals surface area contributed by atoms with Crippen molar-refractivity contribution in [2.24, 2.45) is 5.41 Å². The van der Waals surface area contributed by atoms with E-state index in [1.54, 1.807) is 0 Å². The summed E-state index contributed by atoms with van der Waals surface area (Å²) in [7, 11) is -1.72. The van der Waals surface area contributed by atoms with E-state index in [0.717, 1.165) is 32.1 Å². The average Bonchev–Trinajstić information content (AvgIpc) is 2.28. The number of rotatable bonds is 4. The molecule has 1 N–H and O–H groups in total.